The van der Waals surface area contributed by atoms with Crippen LogP contribution in [0.25, 0.3) is 9.69 Å². The second-order valence-electron chi connectivity index (χ2n) is 1.71. The number of rotatable bonds is 4. The Bertz CT molecular complexity index is 192. The lowest BCUT2D eigenvalue weighted by Gasteiger charge is -1.99. The van der Waals surface area contributed by atoms with Crippen LogP contribution in [0.2, 0.25) is 0 Å². The highest BCUT2D eigenvalue weighted by molar-refractivity contribution is 5.59. The van der Waals surface area contributed by atoms with E-state index in [0.29, 0.717) is 0 Å². The van der Waals surface area contributed by atoms with Crippen molar-refractivity contribution in [2.75, 3.05) is 26.3 Å². The number of carbonyl (C=O) groups excluding carboxylic acids is 1. The molecule has 0 aliphatic rings. The number of hydrogen-bond acceptors (Lipinski definition) is 3. The summed E-state index contributed by atoms with van der Waals surface area (Å²) in [6.45, 7) is 13.1. The molecular weight excluding hydrogens is 160 g/mol. The SMILES string of the molecule is [C-]#[N+]CCOC(=O)OCC[N+]#[C-]. The molecule has 0 atom stereocenters. The van der Waals surface area contributed by atoms with Crippen LogP contribution in [0.15, 0.2) is 0 Å². The zero-order valence-electron chi connectivity index (χ0n) is 6.45. The number of carbonyl (C=O) groups is 1. The highest BCUT2D eigenvalue weighted by Gasteiger charge is 2.03. The van der Waals surface area contributed by atoms with Crippen molar-refractivity contribution in [3.8, 4) is 0 Å². The Hall–Kier alpha value is -1.75. The van der Waals surface area contributed by atoms with E-state index >= 15 is 0 Å². The van der Waals surface area contributed by atoms with Gasteiger partial charge in [-0.1, -0.05) is 0 Å². The van der Waals surface area contributed by atoms with Crippen molar-refractivity contribution in [3.63, 3.8) is 0 Å². The lowest BCUT2D eigenvalue weighted by molar-refractivity contribution is 0.0620. The van der Waals surface area contributed by atoms with Crippen molar-refractivity contribution in [2.45, 2.75) is 0 Å². The monoisotopic (exact) mass is 168 g/mol. The van der Waals surface area contributed by atoms with Gasteiger partial charge in [-0.3, -0.25) is 0 Å². The van der Waals surface area contributed by atoms with Crippen LogP contribution in [-0.2, 0) is 9.47 Å². The van der Waals surface area contributed by atoms with Crippen LogP contribution in [0.4, 0.5) is 4.79 Å². The van der Waals surface area contributed by atoms with Crippen LogP contribution < -0.4 is 0 Å². The van der Waals surface area contributed by atoms with E-state index in [1.165, 1.54) is 0 Å². The molecule has 0 saturated carbocycles. The van der Waals surface area contributed by atoms with Crippen LogP contribution in [0.1, 0.15) is 0 Å². The standard InChI is InChI=1S/C7H8N2O3/c1-8-3-5-11-7(10)12-6-4-9-2/h3-6H2. The van der Waals surface area contributed by atoms with E-state index in [0.717, 1.165) is 0 Å². The van der Waals surface area contributed by atoms with Crippen molar-refractivity contribution >= 4 is 6.16 Å². The topological polar surface area (TPSA) is 44.2 Å². The first-order valence-corrected chi connectivity index (χ1v) is 3.27. The first-order chi connectivity index (χ1) is 5.81. The summed E-state index contributed by atoms with van der Waals surface area (Å²) < 4.78 is 8.90. The molecule has 0 bridgehead atoms. The first-order valence-electron chi connectivity index (χ1n) is 3.27. The van der Waals surface area contributed by atoms with E-state index < -0.39 is 6.16 Å². The predicted octanol–water partition coefficient (Wildman–Crippen LogP) is 0.978. The summed E-state index contributed by atoms with van der Waals surface area (Å²) in [4.78, 5) is 16.5. The summed E-state index contributed by atoms with van der Waals surface area (Å²) in [6, 6.07) is 0. The molecular formula is C7H8N2O3. The molecule has 0 N–H and O–H groups in total. The van der Waals surface area contributed by atoms with Gasteiger partial charge in [0, 0.05) is 0 Å². The Labute approximate surface area is 70.5 Å². The molecule has 0 heterocycles. The zero-order valence-corrected chi connectivity index (χ0v) is 6.45. The third-order valence-electron chi connectivity index (χ3n) is 0.846. The molecule has 0 aliphatic carbocycles. The highest BCUT2D eigenvalue weighted by atomic mass is 16.7. The Balaban J connectivity index is 3.24. The van der Waals surface area contributed by atoms with Gasteiger partial charge in [0.2, 0.25) is 13.1 Å². The molecule has 0 amide bonds. The van der Waals surface area contributed by atoms with E-state index in [1.54, 1.807) is 0 Å². The molecule has 0 aromatic carbocycles. The summed E-state index contributed by atoms with van der Waals surface area (Å²) in [6.07, 6.45) is -0.817. The fraction of sp³-hybridized carbons (Fsp3) is 0.571. The van der Waals surface area contributed by atoms with Gasteiger partial charge < -0.3 is 19.2 Å². The van der Waals surface area contributed by atoms with Crippen LogP contribution in [0, 0.1) is 13.1 Å². The summed E-state index contributed by atoms with van der Waals surface area (Å²) in [5.41, 5.74) is 0. The average Bonchev–Trinajstić information content (AvgIpc) is 2.06. The summed E-state index contributed by atoms with van der Waals surface area (Å²) in [5, 5.41) is 0. The third-order valence-corrected chi connectivity index (χ3v) is 0.846. The smallest absolute Gasteiger partial charge is 0.426 e. The lowest BCUT2D eigenvalue weighted by atomic mass is 10.7. The molecule has 12 heavy (non-hydrogen) atoms. The predicted molar refractivity (Wildman–Crippen MR) is 40.2 cm³/mol. The Kier molecular flexibility index (Phi) is 6.29. The summed E-state index contributed by atoms with van der Waals surface area (Å²) in [7, 11) is 0. The fourth-order valence-corrected chi connectivity index (χ4v) is 0.391. The third kappa shape index (κ3) is 6.37. The Morgan fingerprint density at radius 1 is 1.08 bits per heavy atom. The van der Waals surface area contributed by atoms with Crippen LogP contribution in [-0.4, -0.2) is 32.5 Å². The molecule has 0 aromatic rings. The van der Waals surface area contributed by atoms with Crippen LogP contribution in [0.5, 0.6) is 0 Å². The largest absolute Gasteiger partial charge is 0.508 e. The minimum atomic E-state index is -0.817. The first kappa shape index (κ1) is 10.2. The number of nitrogens with zero attached hydrogens (tertiary/aromatic N) is 2. The normalized spacial score (nSPS) is 7.83. The molecule has 5 nitrogen and oxygen atoms in total. The molecule has 0 saturated heterocycles. The molecule has 64 valence electrons. The summed E-state index contributed by atoms with van der Waals surface area (Å²) in [5.74, 6) is 0. The van der Waals surface area contributed by atoms with Crippen LogP contribution in [0.3, 0.4) is 0 Å². The van der Waals surface area contributed by atoms with E-state index in [-0.39, 0.29) is 26.3 Å². The molecule has 0 radical (unpaired) electrons. The van der Waals surface area contributed by atoms with E-state index in [4.69, 9.17) is 13.1 Å². The van der Waals surface area contributed by atoms with Gasteiger partial charge in [0.25, 0.3) is 0 Å². The van der Waals surface area contributed by atoms with Crippen LogP contribution >= 0.6 is 0 Å². The van der Waals surface area contributed by atoms with Gasteiger partial charge in [0.05, 0.1) is 0 Å². The van der Waals surface area contributed by atoms with E-state index in [9.17, 15) is 4.79 Å². The average molecular weight is 168 g/mol. The second-order valence-corrected chi connectivity index (χ2v) is 1.71. The number of hydrogen-bond donors (Lipinski definition) is 0. The van der Waals surface area contributed by atoms with Gasteiger partial charge in [-0.25, -0.2) is 17.9 Å². The van der Waals surface area contributed by atoms with Gasteiger partial charge in [-0.05, 0) is 0 Å². The highest BCUT2D eigenvalue weighted by Crippen LogP contribution is 1.85. The van der Waals surface area contributed by atoms with E-state index in [1.807, 2.05) is 0 Å². The van der Waals surface area contributed by atoms with Crippen molar-refractivity contribution in [1.29, 1.82) is 0 Å². The minimum absolute atomic E-state index is 0.0420. The van der Waals surface area contributed by atoms with Crippen molar-refractivity contribution in [3.05, 3.63) is 22.8 Å². The van der Waals surface area contributed by atoms with Gasteiger partial charge in [0.15, 0.2) is 13.2 Å². The molecule has 0 aromatic heterocycles. The molecule has 0 fully saturated rings. The maximum Gasteiger partial charge on any atom is 0.508 e. The molecule has 0 unspecified atom stereocenters. The van der Waals surface area contributed by atoms with E-state index in [2.05, 4.69) is 19.2 Å². The quantitative estimate of drug-likeness (QED) is 0.357. The Morgan fingerprint density at radius 3 is 1.83 bits per heavy atom. The fourth-order valence-electron chi connectivity index (χ4n) is 0.391. The molecule has 5 heteroatoms. The van der Waals surface area contributed by atoms with Gasteiger partial charge in [-0.2, -0.15) is 0 Å². The maximum atomic E-state index is 10.5. The van der Waals surface area contributed by atoms with Crippen molar-refractivity contribution in [1.82, 2.24) is 0 Å². The number of ether oxygens (including phenoxy) is 2. The van der Waals surface area contributed by atoms with Crippen molar-refractivity contribution in [2.24, 2.45) is 0 Å². The maximum absolute atomic E-state index is 10.5. The van der Waals surface area contributed by atoms with Gasteiger partial charge in [0.1, 0.15) is 0 Å². The minimum Gasteiger partial charge on any atom is -0.426 e. The molecule has 0 aliphatic heterocycles. The summed E-state index contributed by atoms with van der Waals surface area (Å²) >= 11 is 0. The zero-order chi connectivity index (χ0) is 9.23. The van der Waals surface area contributed by atoms with Gasteiger partial charge in [-0.15, -0.1) is 0 Å². The van der Waals surface area contributed by atoms with Crippen molar-refractivity contribution < 1.29 is 14.3 Å². The lowest BCUT2D eigenvalue weighted by Crippen LogP contribution is -2.11. The molecule has 0 rings (SSSR count). The van der Waals surface area contributed by atoms with Gasteiger partial charge >= 0.3 is 6.16 Å². The Morgan fingerprint density at radius 2 is 1.50 bits per heavy atom. The second kappa shape index (κ2) is 7.36. The molecule has 0 spiro atoms.